The van der Waals surface area contributed by atoms with Gasteiger partial charge in [0.05, 0.1) is 0 Å². The van der Waals surface area contributed by atoms with E-state index in [9.17, 15) is 4.79 Å². The summed E-state index contributed by atoms with van der Waals surface area (Å²) in [4.78, 5) is 11.6. The molecular formula is C13H18ClNO2. The number of hydrogen-bond donors (Lipinski definition) is 1. The first-order valence-corrected chi connectivity index (χ1v) is 6.01. The zero-order valence-corrected chi connectivity index (χ0v) is 11.3. The van der Waals surface area contributed by atoms with E-state index in [1.807, 2.05) is 26.8 Å². The number of benzene rings is 1. The Kier molecular flexibility index (Phi) is 4.82. The van der Waals surface area contributed by atoms with E-state index >= 15 is 0 Å². The van der Waals surface area contributed by atoms with E-state index in [2.05, 4.69) is 5.32 Å². The van der Waals surface area contributed by atoms with Crippen LogP contribution in [-0.4, -0.2) is 18.1 Å². The summed E-state index contributed by atoms with van der Waals surface area (Å²) in [6.07, 6.45) is -0.516. The van der Waals surface area contributed by atoms with Crippen molar-refractivity contribution in [3.8, 4) is 5.75 Å². The normalized spacial score (nSPS) is 12.4. The first-order chi connectivity index (χ1) is 7.90. The van der Waals surface area contributed by atoms with E-state index in [4.69, 9.17) is 16.3 Å². The van der Waals surface area contributed by atoms with E-state index in [0.29, 0.717) is 10.8 Å². The van der Waals surface area contributed by atoms with Crippen molar-refractivity contribution in [3.05, 3.63) is 28.8 Å². The van der Waals surface area contributed by atoms with Crippen LogP contribution in [0.15, 0.2) is 18.2 Å². The molecule has 0 aliphatic carbocycles. The zero-order valence-electron chi connectivity index (χ0n) is 10.6. The highest BCUT2D eigenvalue weighted by Gasteiger charge is 2.15. The molecule has 1 N–H and O–H groups in total. The number of amides is 1. The highest BCUT2D eigenvalue weighted by atomic mass is 35.5. The van der Waals surface area contributed by atoms with Gasteiger partial charge in [-0.3, -0.25) is 4.79 Å². The van der Waals surface area contributed by atoms with Crippen LogP contribution in [0.25, 0.3) is 0 Å². The van der Waals surface area contributed by atoms with Crippen molar-refractivity contribution in [1.82, 2.24) is 5.32 Å². The molecular weight excluding hydrogens is 238 g/mol. The Balaban J connectivity index is 2.64. The molecule has 4 heteroatoms. The van der Waals surface area contributed by atoms with Crippen LogP contribution < -0.4 is 10.1 Å². The van der Waals surface area contributed by atoms with Gasteiger partial charge in [-0.25, -0.2) is 0 Å². The molecule has 1 amide bonds. The molecule has 0 unspecified atom stereocenters. The Bertz CT molecular complexity index is 404. The van der Waals surface area contributed by atoms with Gasteiger partial charge in [-0.05, 0) is 51.5 Å². The molecule has 0 radical (unpaired) electrons. The number of halogens is 1. The second kappa shape index (κ2) is 5.92. The summed E-state index contributed by atoms with van der Waals surface area (Å²) < 4.78 is 5.54. The van der Waals surface area contributed by atoms with Crippen molar-refractivity contribution in [1.29, 1.82) is 0 Å². The molecule has 1 atom stereocenters. The summed E-state index contributed by atoms with van der Waals surface area (Å²) >= 11 is 5.91. The van der Waals surface area contributed by atoms with Gasteiger partial charge in [-0.2, -0.15) is 0 Å². The second-order valence-electron chi connectivity index (χ2n) is 4.33. The second-order valence-corrected chi connectivity index (χ2v) is 4.74. The first-order valence-electron chi connectivity index (χ1n) is 5.63. The summed E-state index contributed by atoms with van der Waals surface area (Å²) in [6, 6.07) is 5.45. The summed E-state index contributed by atoms with van der Waals surface area (Å²) in [5, 5.41) is 3.49. The maximum atomic E-state index is 11.6. The Hall–Kier alpha value is -1.22. The molecule has 0 aromatic heterocycles. The maximum Gasteiger partial charge on any atom is 0.260 e. The smallest absolute Gasteiger partial charge is 0.260 e. The van der Waals surface area contributed by atoms with Crippen LogP contribution in [-0.2, 0) is 4.79 Å². The number of nitrogens with one attached hydrogen (secondary N) is 1. The lowest BCUT2D eigenvalue weighted by molar-refractivity contribution is -0.127. The fourth-order valence-corrected chi connectivity index (χ4v) is 1.47. The summed E-state index contributed by atoms with van der Waals surface area (Å²) in [5.41, 5.74) is 0.931. The van der Waals surface area contributed by atoms with Crippen molar-refractivity contribution in [3.63, 3.8) is 0 Å². The monoisotopic (exact) mass is 255 g/mol. The fourth-order valence-electron chi connectivity index (χ4n) is 1.35. The largest absolute Gasteiger partial charge is 0.481 e. The molecule has 0 bridgehead atoms. The number of rotatable bonds is 4. The van der Waals surface area contributed by atoms with Crippen molar-refractivity contribution in [2.45, 2.75) is 39.8 Å². The molecule has 0 saturated heterocycles. The topological polar surface area (TPSA) is 38.3 Å². The van der Waals surface area contributed by atoms with Gasteiger partial charge >= 0.3 is 0 Å². The van der Waals surface area contributed by atoms with Crippen molar-refractivity contribution < 1.29 is 9.53 Å². The van der Waals surface area contributed by atoms with E-state index in [-0.39, 0.29) is 11.9 Å². The van der Waals surface area contributed by atoms with Gasteiger partial charge in [0.2, 0.25) is 0 Å². The van der Waals surface area contributed by atoms with Crippen LogP contribution in [0.2, 0.25) is 5.02 Å². The van der Waals surface area contributed by atoms with Gasteiger partial charge in [-0.1, -0.05) is 11.6 Å². The van der Waals surface area contributed by atoms with Gasteiger partial charge in [0.1, 0.15) is 5.75 Å². The minimum atomic E-state index is -0.516. The Morgan fingerprint density at radius 2 is 2.00 bits per heavy atom. The van der Waals surface area contributed by atoms with Gasteiger partial charge in [0, 0.05) is 11.1 Å². The average Bonchev–Trinajstić information content (AvgIpc) is 2.22. The predicted molar refractivity (Wildman–Crippen MR) is 69.6 cm³/mol. The van der Waals surface area contributed by atoms with Gasteiger partial charge in [-0.15, -0.1) is 0 Å². The van der Waals surface area contributed by atoms with Gasteiger partial charge in [0.25, 0.3) is 5.91 Å². The predicted octanol–water partition coefficient (Wildman–Crippen LogP) is 2.94. The molecule has 1 aromatic carbocycles. The molecule has 0 aliphatic rings. The van der Waals surface area contributed by atoms with Crippen molar-refractivity contribution >= 4 is 17.5 Å². The number of ether oxygens (including phenoxy) is 1. The maximum absolute atomic E-state index is 11.6. The molecule has 0 fully saturated rings. The SMILES string of the molecule is Cc1cc(O[C@@H](C)C(=O)NC(C)C)ccc1Cl. The van der Waals surface area contributed by atoms with E-state index in [1.54, 1.807) is 19.1 Å². The third-order valence-electron chi connectivity index (χ3n) is 2.24. The molecule has 94 valence electrons. The Morgan fingerprint density at radius 1 is 1.35 bits per heavy atom. The lowest BCUT2D eigenvalue weighted by atomic mass is 10.2. The summed E-state index contributed by atoms with van der Waals surface area (Å²) in [5.74, 6) is 0.533. The third-order valence-corrected chi connectivity index (χ3v) is 2.67. The average molecular weight is 256 g/mol. The fraction of sp³-hybridized carbons (Fsp3) is 0.462. The van der Waals surface area contributed by atoms with Gasteiger partial charge < -0.3 is 10.1 Å². The molecule has 0 spiro atoms. The molecule has 0 aliphatic heterocycles. The summed E-state index contributed by atoms with van der Waals surface area (Å²) in [6.45, 7) is 7.45. The van der Waals surface area contributed by atoms with Crippen LogP contribution in [0.4, 0.5) is 0 Å². The van der Waals surface area contributed by atoms with Crippen LogP contribution >= 0.6 is 11.6 Å². The number of hydrogen-bond acceptors (Lipinski definition) is 2. The molecule has 1 aromatic rings. The Morgan fingerprint density at radius 3 is 2.53 bits per heavy atom. The van der Waals surface area contributed by atoms with Crippen LogP contribution in [0, 0.1) is 6.92 Å². The molecule has 17 heavy (non-hydrogen) atoms. The minimum Gasteiger partial charge on any atom is -0.481 e. The van der Waals surface area contributed by atoms with Crippen molar-refractivity contribution in [2.24, 2.45) is 0 Å². The van der Waals surface area contributed by atoms with Crippen LogP contribution in [0.1, 0.15) is 26.3 Å². The first kappa shape index (κ1) is 13.8. The van der Waals surface area contributed by atoms with E-state index in [0.717, 1.165) is 5.56 Å². The zero-order chi connectivity index (χ0) is 13.0. The van der Waals surface area contributed by atoms with E-state index in [1.165, 1.54) is 0 Å². The molecule has 3 nitrogen and oxygen atoms in total. The van der Waals surface area contributed by atoms with E-state index < -0.39 is 6.10 Å². The third kappa shape index (κ3) is 4.27. The standard InChI is InChI=1S/C13H18ClNO2/c1-8(2)15-13(16)10(4)17-11-5-6-12(14)9(3)7-11/h5-8,10H,1-4H3,(H,15,16)/t10-/m0/s1. The molecule has 1 rings (SSSR count). The number of carbonyl (C=O) groups excluding carboxylic acids is 1. The summed E-state index contributed by atoms with van der Waals surface area (Å²) in [7, 11) is 0. The highest BCUT2D eigenvalue weighted by Crippen LogP contribution is 2.21. The lowest BCUT2D eigenvalue weighted by Crippen LogP contribution is -2.40. The Labute approximate surface area is 107 Å². The lowest BCUT2D eigenvalue weighted by Gasteiger charge is -2.16. The van der Waals surface area contributed by atoms with Crippen molar-refractivity contribution in [2.75, 3.05) is 0 Å². The van der Waals surface area contributed by atoms with Crippen LogP contribution in [0.3, 0.4) is 0 Å². The number of aryl methyl sites for hydroxylation is 1. The molecule has 0 saturated carbocycles. The van der Waals surface area contributed by atoms with Gasteiger partial charge in [0.15, 0.2) is 6.10 Å². The number of carbonyl (C=O) groups is 1. The minimum absolute atomic E-state index is 0.112. The highest BCUT2D eigenvalue weighted by molar-refractivity contribution is 6.31. The quantitative estimate of drug-likeness (QED) is 0.898. The van der Waals surface area contributed by atoms with Crippen LogP contribution in [0.5, 0.6) is 5.75 Å². The molecule has 0 heterocycles.